The van der Waals surface area contributed by atoms with Gasteiger partial charge in [0, 0.05) is 4.90 Å². The Morgan fingerprint density at radius 2 is 2.00 bits per heavy atom. The standard InChI is InChI=1S/C13H15NO5S/c1-2-20-8-3-4-9-10(5-8)14(12(18)19)11(17)13(9,6-15)7-16/h3-5,15-16H,2,6-7H2,1H3,(H,18,19). The largest absolute Gasteiger partial charge is 0.464 e. The van der Waals surface area contributed by atoms with E-state index in [9.17, 15) is 24.9 Å². The van der Waals surface area contributed by atoms with E-state index >= 15 is 0 Å². The summed E-state index contributed by atoms with van der Waals surface area (Å²) in [5.74, 6) is -0.00560. The van der Waals surface area contributed by atoms with E-state index in [0.717, 1.165) is 10.6 Å². The number of aliphatic hydroxyl groups is 2. The van der Waals surface area contributed by atoms with Crippen LogP contribution >= 0.6 is 11.8 Å². The highest BCUT2D eigenvalue weighted by atomic mass is 32.2. The first-order chi connectivity index (χ1) is 9.51. The molecule has 0 atom stereocenters. The number of rotatable bonds is 4. The van der Waals surface area contributed by atoms with E-state index in [1.165, 1.54) is 11.8 Å². The van der Waals surface area contributed by atoms with E-state index in [1.807, 2.05) is 6.92 Å². The van der Waals surface area contributed by atoms with Crippen LogP contribution in [0, 0.1) is 0 Å². The molecule has 1 aromatic rings. The number of hydrogen-bond acceptors (Lipinski definition) is 5. The molecular formula is C13H15NO5S. The average Bonchev–Trinajstić information content (AvgIpc) is 2.67. The molecule has 2 rings (SSSR count). The number of benzene rings is 1. The van der Waals surface area contributed by atoms with E-state index < -0.39 is 30.6 Å². The molecule has 0 bridgehead atoms. The Kier molecular flexibility index (Phi) is 4.03. The van der Waals surface area contributed by atoms with Crippen molar-refractivity contribution in [2.45, 2.75) is 17.2 Å². The van der Waals surface area contributed by atoms with E-state index in [2.05, 4.69) is 0 Å². The minimum absolute atomic E-state index is 0.212. The Balaban J connectivity index is 2.63. The van der Waals surface area contributed by atoms with Crippen LogP contribution in [-0.4, -0.2) is 46.3 Å². The summed E-state index contributed by atoms with van der Waals surface area (Å²) in [6.45, 7) is 0.683. The second-order valence-corrected chi connectivity index (χ2v) is 5.77. The van der Waals surface area contributed by atoms with Gasteiger partial charge in [-0.25, -0.2) is 9.69 Å². The maximum atomic E-state index is 12.3. The summed E-state index contributed by atoms with van der Waals surface area (Å²) in [5.41, 5.74) is -1.03. The molecule has 2 amide bonds. The Morgan fingerprint density at radius 3 is 2.50 bits per heavy atom. The highest BCUT2D eigenvalue weighted by molar-refractivity contribution is 7.99. The van der Waals surface area contributed by atoms with Crippen LogP contribution in [0.4, 0.5) is 10.5 Å². The first-order valence-electron chi connectivity index (χ1n) is 6.08. The van der Waals surface area contributed by atoms with Crippen molar-refractivity contribution in [1.29, 1.82) is 0 Å². The fraction of sp³-hybridized carbons (Fsp3) is 0.385. The van der Waals surface area contributed by atoms with Crippen molar-refractivity contribution in [3.8, 4) is 0 Å². The number of carboxylic acid groups (broad SMARTS) is 1. The molecule has 108 valence electrons. The van der Waals surface area contributed by atoms with Crippen LogP contribution < -0.4 is 4.90 Å². The minimum Gasteiger partial charge on any atom is -0.464 e. The summed E-state index contributed by atoms with van der Waals surface area (Å²) in [6.07, 6.45) is -1.42. The van der Waals surface area contributed by atoms with Crippen LogP contribution in [0.1, 0.15) is 12.5 Å². The van der Waals surface area contributed by atoms with Crippen molar-refractivity contribution in [3.63, 3.8) is 0 Å². The number of fused-ring (bicyclic) bond motifs is 1. The molecule has 3 N–H and O–H groups in total. The average molecular weight is 297 g/mol. The van der Waals surface area contributed by atoms with Crippen LogP contribution in [0.5, 0.6) is 0 Å². The van der Waals surface area contributed by atoms with Crippen molar-refractivity contribution in [2.24, 2.45) is 0 Å². The molecule has 20 heavy (non-hydrogen) atoms. The van der Waals surface area contributed by atoms with E-state index in [1.54, 1.807) is 18.2 Å². The maximum Gasteiger partial charge on any atom is 0.418 e. The molecule has 1 aliphatic rings. The Labute approximate surface area is 120 Å². The molecule has 0 radical (unpaired) electrons. The van der Waals surface area contributed by atoms with Gasteiger partial charge in [-0.3, -0.25) is 4.79 Å². The zero-order valence-electron chi connectivity index (χ0n) is 10.9. The highest BCUT2D eigenvalue weighted by Gasteiger charge is 2.52. The number of carbonyl (C=O) groups excluding carboxylic acids is 1. The summed E-state index contributed by atoms with van der Waals surface area (Å²) < 4.78 is 0. The van der Waals surface area contributed by atoms with Gasteiger partial charge in [0.25, 0.3) is 5.91 Å². The van der Waals surface area contributed by atoms with Crippen LogP contribution in [0.2, 0.25) is 0 Å². The molecule has 6 nitrogen and oxygen atoms in total. The topological polar surface area (TPSA) is 98.1 Å². The molecule has 0 fully saturated rings. The summed E-state index contributed by atoms with van der Waals surface area (Å²) in [5, 5.41) is 28.2. The minimum atomic E-state index is -1.58. The van der Waals surface area contributed by atoms with Gasteiger partial charge in [0.15, 0.2) is 0 Å². The van der Waals surface area contributed by atoms with Gasteiger partial charge in [-0.2, -0.15) is 0 Å². The molecule has 0 saturated heterocycles. The van der Waals surface area contributed by atoms with Crippen molar-refractivity contribution in [2.75, 3.05) is 23.9 Å². The van der Waals surface area contributed by atoms with Crippen molar-refractivity contribution in [3.05, 3.63) is 23.8 Å². The second kappa shape index (κ2) is 5.43. The monoisotopic (exact) mass is 297 g/mol. The summed E-state index contributed by atoms with van der Waals surface area (Å²) >= 11 is 1.52. The van der Waals surface area contributed by atoms with E-state index in [0.29, 0.717) is 10.5 Å². The molecular weight excluding hydrogens is 282 g/mol. The third-order valence-corrected chi connectivity index (χ3v) is 4.26. The van der Waals surface area contributed by atoms with Crippen LogP contribution in [0.15, 0.2) is 23.1 Å². The fourth-order valence-corrected chi connectivity index (χ4v) is 3.03. The van der Waals surface area contributed by atoms with Gasteiger partial charge in [-0.15, -0.1) is 11.8 Å². The lowest BCUT2D eigenvalue weighted by Crippen LogP contribution is -2.47. The van der Waals surface area contributed by atoms with Gasteiger partial charge in [0.2, 0.25) is 0 Å². The summed E-state index contributed by atoms with van der Waals surface area (Å²) in [7, 11) is 0. The van der Waals surface area contributed by atoms with Crippen molar-refractivity contribution < 1.29 is 24.9 Å². The zero-order chi connectivity index (χ0) is 14.9. The van der Waals surface area contributed by atoms with E-state index in [-0.39, 0.29) is 5.69 Å². The SMILES string of the molecule is CCSc1ccc2c(c1)N(C(=O)O)C(=O)C2(CO)CO. The first-order valence-corrected chi connectivity index (χ1v) is 7.07. The van der Waals surface area contributed by atoms with Crippen molar-refractivity contribution in [1.82, 2.24) is 0 Å². The lowest BCUT2D eigenvalue weighted by Gasteiger charge is -2.22. The molecule has 1 heterocycles. The Bertz CT molecular complexity index is 556. The molecule has 0 saturated carbocycles. The Morgan fingerprint density at radius 1 is 1.35 bits per heavy atom. The predicted molar refractivity (Wildman–Crippen MR) is 74.2 cm³/mol. The molecule has 1 aromatic carbocycles. The molecule has 0 aliphatic carbocycles. The summed E-state index contributed by atoms with van der Waals surface area (Å²) in [4.78, 5) is 25.0. The molecule has 7 heteroatoms. The zero-order valence-corrected chi connectivity index (χ0v) is 11.7. The van der Waals surface area contributed by atoms with Gasteiger partial charge in [-0.1, -0.05) is 13.0 Å². The van der Waals surface area contributed by atoms with Gasteiger partial charge >= 0.3 is 6.09 Å². The smallest absolute Gasteiger partial charge is 0.418 e. The quantitative estimate of drug-likeness (QED) is 0.718. The first kappa shape index (κ1) is 14.8. The molecule has 0 aromatic heterocycles. The number of anilines is 1. The van der Waals surface area contributed by atoms with E-state index in [4.69, 9.17) is 0 Å². The highest BCUT2D eigenvalue weighted by Crippen LogP contribution is 2.43. The van der Waals surface area contributed by atoms with Gasteiger partial charge < -0.3 is 15.3 Å². The lowest BCUT2D eigenvalue weighted by atomic mass is 9.83. The van der Waals surface area contributed by atoms with Gasteiger partial charge in [0.05, 0.1) is 18.9 Å². The number of carbonyl (C=O) groups is 2. The third kappa shape index (κ3) is 1.98. The second-order valence-electron chi connectivity index (χ2n) is 4.43. The number of imide groups is 1. The predicted octanol–water partition coefficient (Wildman–Crippen LogP) is 1.05. The maximum absolute atomic E-state index is 12.3. The number of aliphatic hydroxyl groups excluding tert-OH is 2. The number of hydrogen-bond donors (Lipinski definition) is 3. The van der Waals surface area contributed by atoms with Crippen LogP contribution in [-0.2, 0) is 10.2 Å². The van der Waals surface area contributed by atoms with Gasteiger partial charge in [0.1, 0.15) is 5.41 Å². The number of amides is 2. The van der Waals surface area contributed by atoms with Gasteiger partial charge in [-0.05, 0) is 23.4 Å². The lowest BCUT2D eigenvalue weighted by molar-refractivity contribution is -0.125. The number of nitrogens with zero attached hydrogens (tertiary/aromatic N) is 1. The van der Waals surface area contributed by atoms with Crippen LogP contribution in [0.3, 0.4) is 0 Å². The Hall–Kier alpha value is -1.57. The van der Waals surface area contributed by atoms with Crippen molar-refractivity contribution >= 4 is 29.4 Å². The normalized spacial score (nSPS) is 16.4. The fourth-order valence-electron chi connectivity index (χ4n) is 2.34. The third-order valence-electron chi connectivity index (χ3n) is 3.38. The van der Waals surface area contributed by atoms with Crippen LogP contribution in [0.25, 0.3) is 0 Å². The number of thioether (sulfide) groups is 1. The molecule has 0 spiro atoms. The summed E-state index contributed by atoms with van der Waals surface area (Å²) in [6, 6.07) is 4.95. The molecule has 1 aliphatic heterocycles. The molecule has 0 unspecified atom stereocenters.